The van der Waals surface area contributed by atoms with E-state index in [2.05, 4.69) is 16.9 Å². The highest BCUT2D eigenvalue weighted by Crippen LogP contribution is 2.37. The van der Waals surface area contributed by atoms with Crippen LogP contribution in [-0.2, 0) is 17.8 Å². The van der Waals surface area contributed by atoms with E-state index in [9.17, 15) is 14.0 Å². The van der Waals surface area contributed by atoms with Crippen LogP contribution in [0.5, 0.6) is 5.75 Å². The molecule has 1 aromatic heterocycles. The number of ether oxygens (including phenoxy) is 1. The summed E-state index contributed by atoms with van der Waals surface area (Å²) in [5, 5.41) is 5.05. The highest BCUT2D eigenvalue weighted by Gasteiger charge is 2.31. The number of thiazole rings is 1. The maximum absolute atomic E-state index is 14.0. The Bertz CT molecular complexity index is 1190. The first-order valence-corrected chi connectivity index (χ1v) is 11.5. The zero-order valence-corrected chi connectivity index (χ0v) is 19.0. The van der Waals surface area contributed by atoms with Gasteiger partial charge in [0.05, 0.1) is 6.04 Å². The second-order valence-electron chi connectivity index (χ2n) is 7.69. The van der Waals surface area contributed by atoms with Crippen LogP contribution in [-0.4, -0.2) is 34.8 Å². The number of fused-ring (bicyclic) bond motifs is 1. The molecule has 0 bridgehead atoms. The molecule has 1 atom stereocenters. The van der Waals surface area contributed by atoms with Crippen LogP contribution in [0.15, 0.2) is 60.5 Å². The number of benzene rings is 2. The molecule has 6 nitrogen and oxygen atoms in total. The fourth-order valence-electron chi connectivity index (χ4n) is 3.94. The Kier molecular flexibility index (Phi) is 6.84. The molecular weight excluding hydrogens is 441 g/mol. The van der Waals surface area contributed by atoms with Crippen molar-refractivity contribution in [2.24, 2.45) is 0 Å². The molecule has 2 aromatic carbocycles. The van der Waals surface area contributed by atoms with Gasteiger partial charge in [0.2, 0.25) is 5.91 Å². The molecule has 3 aromatic rings. The van der Waals surface area contributed by atoms with Crippen molar-refractivity contribution in [2.75, 3.05) is 13.1 Å². The summed E-state index contributed by atoms with van der Waals surface area (Å²) in [7, 11) is 0. The summed E-state index contributed by atoms with van der Waals surface area (Å²) in [5.41, 5.74) is 3.08. The summed E-state index contributed by atoms with van der Waals surface area (Å²) in [5.74, 6) is -0.0413. The van der Waals surface area contributed by atoms with Gasteiger partial charge in [-0.1, -0.05) is 24.3 Å². The summed E-state index contributed by atoms with van der Waals surface area (Å²) in [6.45, 7) is 6.26. The molecule has 2 heterocycles. The van der Waals surface area contributed by atoms with Gasteiger partial charge in [-0.15, -0.1) is 17.9 Å². The first kappa shape index (κ1) is 22.7. The lowest BCUT2D eigenvalue weighted by Gasteiger charge is -2.37. The molecule has 8 heteroatoms. The van der Waals surface area contributed by atoms with E-state index in [0.29, 0.717) is 29.5 Å². The predicted octanol–water partition coefficient (Wildman–Crippen LogP) is 4.27. The highest BCUT2D eigenvalue weighted by atomic mass is 32.1. The third-order valence-corrected chi connectivity index (χ3v) is 6.29. The van der Waals surface area contributed by atoms with Crippen molar-refractivity contribution in [1.29, 1.82) is 0 Å². The molecule has 0 spiro atoms. The van der Waals surface area contributed by atoms with Gasteiger partial charge in [-0.05, 0) is 47.4 Å². The summed E-state index contributed by atoms with van der Waals surface area (Å²) in [6, 6.07) is 11.8. The average molecular weight is 466 g/mol. The second kappa shape index (κ2) is 9.95. The van der Waals surface area contributed by atoms with Crippen LogP contribution in [0.2, 0.25) is 0 Å². The molecule has 0 radical (unpaired) electrons. The lowest BCUT2D eigenvalue weighted by Crippen LogP contribution is -2.39. The SMILES string of the molecule is C=CCNC(=O)c1csc(COc2ccc3c(c2)[C@@H](c2cccc(F)c2)N(C(C)=O)CC3)n1. The van der Waals surface area contributed by atoms with Crippen molar-refractivity contribution in [3.8, 4) is 5.75 Å². The van der Waals surface area contributed by atoms with Crippen LogP contribution in [0.4, 0.5) is 4.39 Å². The zero-order chi connectivity index (χ0) is 23.4. The van der Waals surface area contributed by atoms with Crippen molar-refractivity contribution < 1.29 is 18.7 Å². The topological polar surface area (TPSA) is 71.5 Å². The van der Waals surface area contributed by atoms with Gasteiger partial charge >= 0.3 is 0 Å². The molecule has 0 fully saturated rings. The number of carbonyl (C=O) groups is 2. The lowest BCUT2D eigenvalue weighted by molar-refractivity contribution is -0.130. The molecular formula is C25H24FN3O3S. The molecule has 0 saturated heterocycles. The Morgan fingerprint density at radius 2 is 2.18 bits per heavy atom. The number of aromatic nitrogens is 1. The Morgan fingerprint density at radius 3 is 2.94 bits per heavy atom. The Balaban J connectivity index is 1.56. The minimum Gasteiger partial charge on any atom is -0.486 e. The number of halogens is 1. The van der Waals surface area contributed by atoms with Crippen LogP contribution < -0.4 is 10.1 Å². The van der Waals surface area contributed by atoms with Gasteiger partial charge in [-0.25, -0.2) is 9.37 Å². The van der Waals surface area contributed by atoms with E-state index in [4.69, 9.17) is 4.74 Å². The molecule has 1 aliphatic rings. The van der Waals surface area contributed by atoms with Crippen LogP contribution in [0, 0.1) is 5.82 Å². The summed E-state index contributed by atoms with van der Waals surface area (Å²) in [6.07, 6.45) is 2.32. The van der Waals surface area contributed by atoms with Gasteiger partial charge in [0.1, 0.15) is 28.9 Å². The first-order chi connectivity index (χ1) is 16.0. The number of carbonyl (C=O) groups excluding carboxylic acids is 2. The van der Waals surface area contributed by atoms with Crippen molar-refractivity contribution in [3.63, 3.8) is 0 Å². The van der Waals surface area contributed by atoms with Gasteiger partial charge in [0.15, 0.2) is 0 Å². The minimum atomic E-state index is -0.384. The van der Waals surface area contributed by atoms with E-state index in [1.165, 1.54) is 30.4 Å². The van der Waals surface area contributed by atoms with E-state index >= 15 is 0 Å². The number of nitrogens with zero attached hydrogens (tertiary/aromatic N) is 2. The van der Waals surface area contributed by atoms with Gasteiger partial charge in [0, 0.05) is 25.4 Å². The molecule has 33 heavy (non-hydrogen) atoms. The molecule has 1 N–H and O–H groups in total. The van der Waals surface area contributed by atoms with E-state index in [0.717, 1.165) is 23.1 Å². The standard InChI is InChI=1S/C25H24FN3O3S/c1-3-10-27-25(31)22-15-33-23(28-22)14-32-20-8-7-17-9-11-29(16(2)30)24(21(17)13-20)18-5-4-6-19(26)12-18/h3-8,12-13,15,24H,1,9-11,14H2,2H3,(H,27,31)/t24-/m1/s1. The third-order valence-electron chi connectivity index (χ3n) is 5.47. The first-order valence-electron chi connectivity index (χ1n) is 10.6. The fourth-order valence-corrected chi connectivity index (χ4v) is 4.63. The van der Waals surface area contributed by atoms with Crippen molar-refractivity contribution in [1.82, 2.24) is 15.2 Å². The van der Waals surface area contributed by atoms with Crippen molar-refractivity contribution in [2.45, 2.75) is 26.0 Å². The van der Waals surface area contributed by atoms with Gasteiger partial charge in [0.25, 0.3) is 5.91 Å². The molecule has 0 aliphatic carbocycles. The molecule has 4 rings (SSSR count). The molecule has 0 unspecified atom stereocenters. The zero-order valence-electron chi connectivity index (χ0n) is 18.2. The molecule has 1 aliphatic heterocycles. The van der Waals surface area contributed by atoms with E-state index in [1.54, 1.807) is 22.4 Å². The predicted molar refractivity (Wildman–Crippen MR) is 125 cm³/mol. The molecule has 0 saturated carbocycles. The van der Waals surface area contributed by atoms with E-state index in [-0.39, 0.29) is 30.3 Å². The van der Waals surface area contributed by atoms with Gasteiger partial charge < -0.3 is 15.0 Å². The summed E-state index contributed by atoms with van der Waals surface area (Å²) in [4.78, 5) is 30.5. The Hall–Kier alpha value is -3.52. The van der Waals surface area contributed by atoms with E-state index < -0.39 is 0 Å². The van der Waals surface area contributed by atoms with Crippen LogP contribution in [0.25, 0.3) is 0 Å². The molecule has 2 amide bonds. The monoisotopic (exact) mass is 465 g/mol. The number of amides is 2. The number of rotatable bonds is 7. The highest BCUT2D eigenvalue weighted by molar-refractivity contribution is 7.09. The largest absolute Gasteiger partial charge is 0.486 e. The maximum Gasteiger partial charge on any atom is 0.271 e. The maximum atomic E-state index is 14.0. The smallest absolute Gasteiger partial charge is 0.271 e. The lowest BCUT2D eigenvalue weighted by atomic mass is 9.88. The number of hydrogen-bond donors (Lipinski definition) is 1. The quantitative estimate of drug-likeness (QED) is 0.529. The van der Waals surface area contributed by atoms with Crippen LogP contribution in [0.1, 0.15) is 45.2 Å². The minimum absolute atomic E-state index is 0.0636. The number of hydrogen-bond acceptors (Lipinski definition) is 5. The van der Waals surface area contributed by atoms with Crippen LogP contribution in [0.3, 0.4) is 0 Å². The normalized spacial score (nSPS) is 15.0. The van der Waals surface area contributed by atoms with Gasteiger partial charge in [-0.3, -0.25) is 9.59 Å². The van der Waals surface area contributed by atoms with Crippen molar-refractivity contribution >= 4 is 23.2 Å². The summed E-state index contributed by atoms with van der Waals surface area (Å²) < 4.78 is 19.9. The summed E-state index contributed by atoms with van der Waals surface area (Å²) >= 11 is 1.35. The van der Waals surface area contributed by atoms with E-state index in [1.807, 2.05) is 24.3 Å². The average Bonchev–Trinajstić information content (AvgIpc) is 3.29. The second-order valence-corrected chi connectivity index (χ2v) is 8.64. The molecule has 170 valence electrons. The third kappa shape index (κ3) is 5.12. The Labute approximate surface area is 195 Å². The Morgan fingerprint density at radius 1 is 1.33 bits per heavy atom. The van der Waals surface area contributed by atoms with Gasteiger partial charge in [-0.2, -0.15) is 0 Å². The van der Waals surface area contributed by atoms with Crippen LogP contribution >= 0.6 is 11.3 Å². The number of nitrogens with one attached hydrogen (secondary N) is 1. The fraction of sp³-hybridized carbons (Fsp3) is 0.240. The van der Waals surface area contributed by atoms with Crippen molar-refractivity contribution in [3.05, 3.63) is 93.7 Å².